The molecule has 2 rings (SSSR count). The van der Waals surface area contributed by atoms with Crippen LogP contribution < -0.4 is 5.11 Å². The molecule has 0 aliphatic carbocycles. The van der Waals surface area contributed by atoms with E-state index >= 15 is 0 Å². The first-order valence-electron chi connectivity index (χ1n) is 5.98. The monoisotopic (exact) mass is 312 g/mol. The number of fused-ring (bicyclic) bond motifs is 1. The van der Waals surface area contributed by atoms with E-state index < -0.39 is 18.0 Å². The van der Waals surface area contributed by atoms with Gasteiger partial charge in [0.2, 0.25) is 0 Å². The summed E-state index contributed by atoms with van der Waals surface area (Å²) in [6.45, 7) is 3.22. The van der Waals surface area contributed by atoms with Gasteiger partial charge in [-0.1, -0.05) is 11.6 Å². The molecular formula is C12H11ClN3O5-. The molecule has 9 heteroatoms. The zero-order valence-electron chi connectivity index (χ0n) is 11.2. The van der Waals surface area contributed by atoms with Crippen molar-refractivity contribution >= 4 is 29.2 Å². The summed E-state index contributed by atoms with van der Waals surface area (Å²) in [4.78, 5) is 26.5. The predicted molar refractivity (Wildman–Crippen MR) is 68.7 cm³/mol. The van der Waals surface area contributed by atoms with Gasteiger partial charge in [0.15, 0.2) is 11.8 Å². The number of carboxylic acid groups (broad SMARTS) is 1. The average Bonchev–Trinajstić information content (AvgIpc) is 2.83. The van der Waals surface area contributed by atoms with E-state index in [4.69, 9.17) is 16.3 Å². The summed E-state index contributed by atoms with van der Waals surface area (Å²) in [6, 6.07) is 1.18. The molecule has 112 valence electrons. The second-order valence-electron chi connectivity index (χ2n) is 4.14. The molecule has 0 aromatic carbocycles. The molecule has 21 heavy (non-hydrogen) atoms. The van der Waals surface area contributed by atoms with Gasteiger partial charge < -0.3 is 19.7 Å². The van der Waals surface area contributed by atoms with Crippen LogP contribution in [0, 0.1) is 6.92 Å². The van der Waals surface area contributed by atoms with Crippen molar-refractivity contribution in [3.05, 3.63) is 28.2 Å². The van der Waals surface area contributed by atoms with Crippen molar-refractivity contribution < 1.29 is 24.5 Å². The third kappa shape index (κ3) is 2.67. The smallest absolute Gasteiger partial charge is 0.339 e. The number of aryl methyl sites for hydroxylation is 1. The van der Waals surface area contributed by atoms with Crippen LogP contribution in [0.4, 0.5) is 0 Å². The zero-order valence-corrected chi connectivity index (χ0v) is 11.9. The molecule has 0 bridgehead atoms. The Hall–Kier alpha value is -2.19. The highest BCUT2D eigenvalue weighted by Gasteiger charge is 2.26. The van der Waals surface area contributed by atoms with Crippen LogP contribution >= 0.6 is 11.6 Å². The molecule has 1 atom stereocenters. The Morgan fingerprint density at radius 2 is 2.24 bits per heavy atom. The summed E-state index contributed by atoms with van der Waals surface area (Å²) in [7, 11) is 0. The largest absolute Gasteiger partial charge is 0.543 e. The summed E-state index contributed by atoms with van der Waals surface area (Å²) in [6.07, 6.45) is -1.63. The number of aromatic nitrogens is 3. The molecule has 1 N–H and O–H groups in total. The van der Waals surface area contributed by atoms with Crippen molar-refractivity contribution in [3.63, 3.8) is 0 Å². The first kappa shape index (κ1) is 15.2. The number of halogens is 1. The van der Waals surface area contributed by atoms with Gasteiger partial charge in [0.05, 0.1) is 18.1 Å². The summed E-state index contributed by atoms with van der Waals surface area (Å²) >= 11 is 6.08. The Morgan fingerprint density at radius 3 is 2.81 bits per heavy atom. The molecule has 0 fully saturated rings. The number of aliphatic hydroxyl groups is 1. The van der Waals surface area contributed by atoms with E-state index in [0.29, 0.717) is 0 Å². The van der Waals surface area contributed by atoms with Gasteiger partial charge in [-0.05, 0) is 13.8 Å². The lowest BCUT2D eigenvalue weighted by Gasteiger charge is -2.14. The SMILES string of the molecule is CCOC(=O)C(O)c1c(C)nc2cc(C(=O)[O-])nn2c1Cl. The van der Waals surface area contributed by atoms with Crippen molar-refractivity contribution in [1.82, 2.24) is 14.6 Å². The van der Waals surface area contributed by atoms with Gasteiger partial charge in [-0.3, -0.25) is 0 Å². The van der Waals surface area contributed by atoms with Gasteiger partial charge in [-0.15, -0.1) is 0 Å². The minimum Gasteiger partial charge on any atom is -0.543 e. The van der Waals surface area contributed by atoms with E-state index in [9.17, 15) is 19.8 Å². The summed E-state index contributed by atoms with van der Waals surface area (Å²) in [5.41, 5.74) is 0.0801. The van der Waals surface area contributed by atoms with Crippen LogP contribution in [0.5, 0.6) is 0 Å². The van der Waals surface area contributed by atoms with Crippen molar-refractivity contribution in [3.8, 4) is 0 Å². The standard InChI is InChI=1S/C12H12ClN3O5/c1-3-21-12(20)9(17)8-5(2)14-7-4-6(11(18)19)15-16(7)10(8)13/h4,9,17H,3H2,1-2H3,(H,18,19)/p-1. The molecule has 8 nitrogen and oxygen atoms in total. The number of nitrogens with zero attached hydrogens (tertiary/aromatic N) is 3. The molecule has 0 amide bonds. The molecule has 2 heterocycles. The number of carbonyl (C=O) groups is 2. The molecule has 0 saturated carbocycles. The Balaban J connectivity index is 2.59. The number of rotatable bonds is 4. The maximum absolute atomic E-state index is 11.6. The minimum atomic E-state index is -1.63. The van der Waals surface area contributed by atoms with Gasteiger partial charge in [0, 0.05) is 11.8 Å². The topological polar surface area (TPSA) is 117 Å². The maximum atomic E-state index is 11.6. The molecule has 0 saturated heterocycles. The van der Waals surface area contributed by atoms with Crippen molar-refractivity contribution in [2.24, 2.45) is 0 Å². The third-order valence-corrected chi connectivity index (χ3v) is 3.13. The minimum absolute atomic E-state index is 0.00983. The van der Waals surface area contributed by atoms with Gasteiger partial charge in [0.25, 0.3) is 0 Å². The average molecular weight is 313 g/mol. The van der Waals surface area contributed by atoms with E-state index in [1.807, 2.05) is 0 Å². The second kappa shape index (κ2) is 5.66. The van der Waals surface area contributed by atoms with Gasteiger partial charge >= 0.3 is 5.97 Å². The Bertz CT molecular complexity index is 727. The lowest BCUT2D eigenvalue weighted by Crippen LogP contribution is -2.22. The normalized spacial score (nSPS) is 12.4. The number of carboxylic acids is 1. The summed E-state index contributed by atoms with van der Waals surface area (Å²) < 4.78 is 5.73. The molecule has 2 aromatic heterocycles. The fraction of sp³-hybridized carbons (Fsp3) is 0.333. The number of hydrogen-bond acceptors (Lipinski definition) is 7. The first-order valence-corrected chi connectivity index (χ1v) is 6.36. The van der Waals surface area contributed by atoms with E-state index in [1.165, 1.54) is 13.0 Å². The summed E-state index contributed by atoms with van der Waals surface area (Å²) in [5.74, 6) is -2.36. The molecule has 2 aromatic rings. The first-order chi connectivity index (χ1) is 9.86. The molecule has 0 spiro atoms. The van der Waals surface area contributed by atoms with Crippen LogP contribution in [0.25, 0.3) is 5.65 Å². The summed E-state index contributed by atoms with van der Waals surface area (Å²) in [5, 5.41) is 24.4. The van der Waals surface area contributed by atoms with Crippen molar-refractivity contribution in [2.75, 3.05) is 6.61 Å². The van der Waals surface area contributed by atoms with Crippen LogP contribution in [0.3, 0.4) is 0 Å². The third-order valence-electron chi connectivity index (χ3n) is 2.76. The van der Waals surface area contributed by atoms with E-state index in [2.05, 4.69) is 10.1 Å². The van der Waals surface area contributed by atoms with Crippen molar-refractivity contribution in [1.29, 1.82) is 0 Å². The number of carbonyl (C=O) groups excluding carboxylic acids is 2. The second-order valence-corrected chi connectivity index (χ2v) is 4.50. The fourth-order valence-corrected chi connectivity index (χ4v) is 2.20. The van der Waals surface area contributed by atoms with Crippen LogP contribution in [0.15, 0.2) is 6.07 Å². The molecule has 0 aliphatic heterocycles. The predicted octanol–water partition coefficient (Wildman–Crippen LogP) is -0.349. The molecule has 0 radical (unpaired) electrons. The molecular weight excluding hydrogens is 302 g/mol. The van der Waals surface area contributed by atoms with Crippen molar-refractivity contribution in [2.45, 2.75) is 20.0 Å². The number of aliphatic hydroxyl groups excluding tert-OH is 1. The lowest BCUT2D eigenvalue weighted by atomic mass is 10.1. The van der Waals surface area contributed by atoms with Crippen LogP contribution in [-0.4, -0.2) is 38.3 Å². The highest BCUT2D eigenvalue weighted by atomic mass is 35.5. The number of aromatic carboxylic acids is 1. The van der Waals surface area contributed by atoms with Crippen LogP contribution in [0.2, 0.25) is 5.15 Å². The molecule has 1 unspecified atom stereocenters. The Labute approximate surface area is 123 Å². The van der Waals surface area contributed by atoms with Crippen LogP contribution in [0.1, 0.15) is 34.8 Å². The van der Waals surface area contributed by atoms with Gasteiger partial charge in [-0.25, -0.2) is 14.3 Å². The van der Waals surface area contributed by atoms with E-state index in [1.54, 1.807) is 6.92 Å². The van der Waals surface area contributed by atoms with Crippen LogP contribution in [-0.2, 0) is 9.53 Å². The zero-order chi connectivity index (χ0) is 15.7. The number of hydrogen-bond donors (Lipinski definition) is 1. The Morgan fingerprint density at radius 1 is 1.57 bits per heavy atom. The van der Waals surface area contributed by atoms with Gasteiger partial charge in [0.1, 0.15) is 10.8 Å². The highest BCUT2D eigenvalue weighted by molar-refractivity contribution is 6.30. The maximum Gasteiger partial charge on any atom is 0.339 e. The Kier molecular flexibility index (Phi) is 4.10. The lowest BCUT2D eigenvalue weighted by molar-refractivity contribution is -0.255. The number of esters is 1. The van der Waals surface area contributed by atoms with E-state index in [0.717, 1.165) is 4.52 Å². The highest BCUT2D eigenvalue weighted by Crippen LogP contribution is 2.27. The van der Waals surface area contributed by atoms with E-state index in [-0.39, 0.29) is 34.4 Å². The van der Waals surface area contributed by atoms with Gasteiger partial charge in [-0.2, -0.15) is 5.10 Å². The quantitative estimate of drug-likeness (QED) is 0.605. The molecule has 0 aliphatic rings. The fourth-order valence-electron chi connectivity index (χ4n) is 1.84. The number of ether oxygens (including phenoxy) is 1.